The number of carbonyl (C=O) groups is 1. The molecule has 0 saturated heterocycles. The fraction of sp³-hybridized carbons (Fsp3) is 0.429. The van der Waals surface area contributed by atoms with Crippen LogP contribution in [0.3, 0.4) is 0 Å². The maximum atomic E-state index is 13.4. The molecule has 0 atom stereocenters. The number of amides is 1. The first-order chi connectivity index (χ1) is 11.4. The van der Waals surface area contributed by atoms with Crippen molar-refractivity contribution in [3.8, 4) is 5.82 Å². The smallest absolute Gasteiger partial charge is 0.349 e. The molecule has 1 fully saturated rings. The number of carbonyl (C=O) groups excluding carboxylic acids is 1. The van der Waals surface area contributed by atoms with Crippen molar-refractivity contribution in [3.05, 3.63) is 39.9 Å². The summed E-state index contributed by atoms with van der Waals surface area (Å²) in [4.78, 5) is 23.2. The average molecular weight is 341 g/mol. The van der Waals surface area contributed by atoms with Crippen LogP contribution >= 0.6 is 0 Å². The highest BCUT2D eigenvalue weighted by atomic mass is 19.4. The highest BCUT2D eigenvalue weighted by Gasteiger charge is 2.41. The van der Waals surface area contributed by atoms with E-state index < -0.39 is 28.9 Å². The Morgan fingerprint density at radius 1 is 1.29 bits per heavy atom. The number of nitrogens with zero attached hydrogens (tertiary/aromatic N) is 3. The summed E-state index contributed by atoms with van der Waals surface area (Å²) in [5.74, 6) is -1.05. The van der Waals surface area contributed by atoms with E-state index in [2.05, 4.69) is 15.5 Å². The predicted octanol–water partition coefficient (Wildman–Crippen LogP) is 1.65. The summed E-state index contributed by atoms with van der Waals surface area (Å²) >= 11 is 0. The molecule has 0 radical (unpaired) electrons. The van der Waals surface area contributed by atoms with Crippen LogP contribution in [0, 0.1) is 0 Å². The summed E-state index contributed by atoms with van der Waals surface area (Å²) in [5, 5.41) is 11.8. The van der Waals surface area contributed by atoms with Crippen LogP contribution in [0.25, 0.3) is 5.82 Å². The van der Waals surface area contributed by atoms with Crippen LogP contribution in [-0.2, 0) is 6.18 Å². The first-order valence-electron chi connectivity index (χ1n) is 7.38. The van der Waals surface area contributed by atoms with E-state index in [1.807, 2.05) is 5.10 Å². The molecule has 3 rings (SSSR count). The third-order valence-corrected chi connectivity index (χ3v) is 3.85. The number of hydrogen-bond donors (Lipinski definition) is 2. The van der Waals surface area contributed by atoms with Gasteiger partial charge in [0.25, 0.3) is 11.5 Å². The van der Waals surface area contributed by atoms with E-state index in [1.165, 1.54) is 0 Å². The molecule has 1 aliphatic carbocycles. The first-order valence-corrected chi connectivity index (χ1v) is 7.38. The topological polar surface area (TPSA) is 92.7 Å². The molecule has 1 saturated carbocycles. The third kappa shape index (κ3) is 3.17. The number of alkyl halides is 3. The molecule has 0 aromatic carbocycles. The van der Waals surface area contributed by atoms with E-state index in [0.717, 1.165) is 44.0 Å². The SMILES string of the molecule is O=C(NC1CCCC1)c1cnn(-c2ccc(=O)[nH]n2)c1C(F)(F)F. The van der Waals surface area contributed by atoms with E-state index >= 15 is 0 Å². The Bertz CT molecular complexity index is 785. The predicted molar refractivity (Wildman–Crippen MR) is 76.7 cm³/mol. The first kappa shape index (κ1) is 16.2. The molecule has 0 aliphatic heterocycles. The van der Waals surface area contributed by atoms with Gasteiger partial charge in [0, 0.05) is 12.1 Å². The zero-order valence-electron chi connectivity index (χ0n) is 12.4. The van der Waals surface area contributed by atoms with Crippen molar-refractivity contribution in [2.24, 2.45) is 0 Å². The van der Waals surface area contributed by atoms with Crippen molar-refractivity contribution in [3.63, 3.8) is 0 Å². The lowest BCUT2D eigenvalue weighted by molar-refractivity contribution is -0.143. The second-order valence-corrected chi connectivity index (χ2v) is 5.55. The van der Waals surface area contributed by atoms with Crippen LogP contribution in [-0.4, -0.2) is 31.9 Å². The van der Waals surface area contributed by atoms with E-state index in [9.17, 15) is 22.8 Å². The molecule has 0 unspecified atom stereocenters. The van der Waals surface area contributed by atoms with Gasteiger partial charge in [-0.05, 0) is 18.9 Å². The summed E-state index contributed by atoms with van der Waals surface area (Å²) in [7, 11) is 0. The fourth-order valence-corrected chi connectivity index (χ4v) is 2.75. The van der Waals surface area contributed by atoms with Gasteiger partial charge in [-0.15, -0.1) is 0 Å². The number of aromatic amines is 1. The Morgan fingerprint density at radius 2 is 2.00 bits per heavy atom. The summed E-state index contributed by atoms with van der Waals surface area (Å²) in [6.45, 7) is 0. The molecule has 10 heteroatoms. The van der Waals surface area contributed by atoms with Gasteiger partial charge >= 0.3 is 6.18 Å². The van der Waals surface area contributed by atoms with Crippen molar-refractivity contribution in [1.29, 1.82) is 0 Å². The highest BCUT2D eigenvalue weighted by Crippen LogP contribution is 2.33. The van der Waals surface area contributed by atoms with E-state index in [0.29, 0.717) is 4.68 Å². The highest BCUT2D eigenvalue weighted by molar-refractivity contribution is 5.95. The molecule has 0 spiro atoms. The second kappa shape index (κ2) is 6.10. The molecule has 0 bridgehead atoms. The summed E-state index contributed by atoms with van der Waals surface area (Å²) in [6.07, 6.45) is -0.558. The quantitative estimate of drug-likeness (QED) is 0.888. The number of H-pyrrole nitrogens is 1. The van der Waals surface area contributed by atoms with Crippen LogP contribution in [0.5, 0.6) is 0 Å². The van der Waals surface area contributed by atoms with Gasteiger partial charge in [-0.25, -0.2) is 9.78 Å². The molecule has 2 aromatic heterocycles. The van der Waals surface area contributed by atoms with Crippen LogP contribution in [0.2, 0.25) is 0 Å². The van der Waals surface area contributed by atoms with Gasteiger partial charge in [0.2, 0.25) is 0 Å². The standard InChI is InChI=1S/C14H14F3N5O2/c15-14(16,17)12-9(13(24)19-8-3-1-2-4-8)7-18-22(12)10-5-6-11(23)21-20-10/h5-8H,1-4H2,(H,19,24)(H,21,23). The van der Waals surface area contributed by atoms with Crippen molar-refractivity contribution in [1.82, 2.24) is 25.3 Å². The maximum Gasteiger partial charge on any atom is 0.434 e. The maximum absolute atomic E-state index is 13.4. The minimum absolute atomic E-state index is 0.117. The van der Waals surface area contributed by atoms with Gasteiger partial charge in [0.05, 0.1) is 11.8 Å². The minimum atomic E-state index is -4.81. The van der Waals surface area contributed by atoms with Crippen molar-refractivity contribution in [2.45, 2.75) is 37.9 Å². The number of aromatic nitrogens is 4. The van der Waals surface area contributed by atoms with Gasteiger partial charge in [0.1, 0.15) is 0 Å². The van der Waals surface area contributed by atoms with E-state index in [4.69, 9.17) is 0 Å². The van der Waals surface area contributed by atoms with Crippen LogP contribution < -0.4 is 10.9 Å². The molecule has 2 aromatic rings. The second-order valence-electron chi connectivity index (χ2n) is 5.55. The largest absolute Gasteiger partial charge is 0.434 e. The van der Waals surface area contributed by atoms with Crippen LogP contribution in [0.15, 0.2) is 23.1 Å². The molecule has 128 valence electrons. The lowest BCUT2D eigenvalue weighted by atomic mass is 10.2. The summed E-state index contributed by atoms with van der Waals surface area (Å²) in [6, 6.07) is 2.01. The Hall–Kier alpha value is -2.65. The number of hydrogen-bond acceptors (Lipinski definition) is 4. The van der Waals surface area contributed by atoms with Gasteiger partial charge < -0.3 is 5.32 Å². The van der Waals surface area contributed by atoms with Crippen LogP contribution in [0.1, 0.15) is 41.7 Å². The van der Waals surface area contributed by atoms with Gasteiger partial charge in [0.15, 0.2) is 11.5 Å². The minimum Gasteiger partial charge on any atom is -0.349 e. The molecule has 24 heavy (non-hydrogen) atoms. The molecule has 2 N–H and O–H groups in total. The fourth-order valence-electron chi connectivity index (χ4n) is 2.75. The Morgan fingerprint density at radius 3 is 2.58 bits per heavy atom. The monoisotopic (exact) mass is 341 g/mol. The number of nitrogens with one attached hydrogen (secondary N) is 2. The molecular weight excluding hydrogens is 327 g/mol. The van der Waals surface area contributed by atoms with Gasteiger partial charge in [-0.1, -0.05) is 12.8 Å². The summed E-state index contributed by atoms with van der Waals surface area (Å²) < 4.78 is 40.8. The Kier molecular flexibility index (Phi) is 4.12. The molecule has 1 aliphatic rings. The molecule has 7 nitrogen and oxygen atoms in total. The normalized spacial score (nSPS) is 15.6. The molecular formula is C14H14F3N5O2. The van der Waals surface area contributed by atoms with Crippen molar-refractivity contribution < 1.29 is 18.0 Å². The third-order valence-electron chi connectivity index (χ3n) is 3.85. The Balaban J connectivity index is 1.99. The lowest BCUT2D eigenvalue weighted by Gasteiger charge is -2.14. The van der Waals surface area contributed by atoms with Crippen LogP contribution in [0.4, 0.5) is 13.2 Å². The van der Waals surface area contributed by atoms with Crippen molar-refractivity contribution >= 4 is 5.91 Å². The molecule has 1 amide bonds. The summed E-state index contributed by atoms with van der Waals surface area (Å²) in [5.41, 5.74) is -2.35. The van der Waals surface area contributed by atoms with E-state index in [1.54, 1.807) is 0 Å². The number of rotatable bonds is 3. The average Bonchev–Trinajstić information content (AvgIpc) is 3.16. The Labute approximate surface area is 133 Å². The lowest BCUT2D eigenvalue weighted by Crippen LogP contribution is -2.34. The van der Waals surface area contributed by atoms with Crippen molar-refractivity contribution in [2.75, 3.05) is 0 Å². The number of halogens is 3. The zero-order chi connectivity index (χ0) is 17.3. The zero-order valence-corrected chi connectivity index (χ0v) is 12.4. The van der Waals surface area contributed by atoms with Gasteiger partial charge in [-0.2, -0.15) is 23.4 Å². The van der Waals surface area contributed by atoms with E-state index in [-0.39, 0.29) is 11.9 Å². The van der Waals surface area contributed by atoms with Gasteiger partial charge in [-0.3, -0.25) is 9.59 Å². The molecule has 2 heterocycles.